The maximum Gasteiger partial charge on any atom is 0.203 e. The van der Waals surface area contributed by atoms with Crippen LogP contribution < -0.4 is 14.2 Å². The molecule has 108 valence electrons. The number of methoxy groups -OCH3 is 3. The molecule has 0 aromatic heterocycles. The zero-order valence-electron chi connectivity index (χ0n) is 12.4. The molecule has 4 nitrogen and oxygen atoms in total. The monoisotopic (exact) mass is 286 g/mol. The zero-order valence-corrected chi connectivity index (χ0v) is 13.2. The van der Waals surface area contributed by atoms with Gasteiger partial charge in [0, 0.05) is 21.3 Å². The van der Waals surface area contributed by atoms with E-state index in [0.29, 0.717) is 23.0 Å². The Labute approximate surface area is 117 Å². The van der Waals surface area contributed by atoms with Gasteiger partial charge in [-0.2, -0.15) is 0 Å². The van der Waals surface area contributed by atoms with Crippen LogP contribution in [0.3, 0.4) is 0 Å². The van der Waals surface area contributed by atoms with Crippen LogP contribution in [-0.4, -0.2) is 30.3 Å². The van der Waals surface area contributed by atoms with E-state index in [9.17, 15) is 4.21 Å². The van der Waals surface area contributed by atoms with Crippen molar-refractivity contribution < 1.29 is 18.4 Å². The SMILES string of the molecule is COc1cc(CS(=O)C(C)(C)C)cc(OC)c1OC. The predicted octanol–water partition coefficient (Wildman–Crippen LogP) is 2.76. The van der Waals surface area contributed by atoms with Gasteiger partial charge in [-0.3, -0.25) is 4.21 Å². The van der Waals surface area contributed by atoms with Crippen LogP contribution in [0.15, 0.2) is 12.1 Å². The zero-order chi connectivity index (χ0) is 14.6. The van der Waals surface area contributed by atoms with E-state index in [1.54, 1.807) is 21.3 Å². The highest BCUT2D eigenvalue weighted by atomic mass is 32.2. The highest BCUT2D eigenvalue weighted by Crippen LogP contribution is 2.38. The van der Waals surface area contributed by atoms with E-state index in [1.165, 1.54) is 0 Å². The molecule has 0 spiro atoms. The van der Waals surface area contributed by atoms with Gasteiger partial charge in [0.2, 0.25) is 5.75 Å². The smallest absolute Gasteiger partial charge is 0.203 e. The number of ether oxygens (including phenoxy) is 3. The molecule has 0 heterocycles. The largest absolute Gasteiger partial charge is 0.493 e. The van der Waals surface area contributed by atoms with Crippen molar-refractivity contribution in [1.82, 2.24) is 0 Å². The van der Waals surface area contributed by atoms with Crippen LogP contribution in [0.25, 0.3) is 0 Å². The molecule has 0 bridgehead atoms. The summed E-state index contributed by atoms with van der Waals surface area (Å²) >= 11 is 0. The molecule has 0 N–H and O–H groups in total. The van der Waals surface area contributed by atoms with Gasteiger partial charge in [-0.25, -0.2) is 0 Å². The second kappa shape index (κ2) is 6.28. The summed E-state index contributed by atoms with van der Waals surface area (Å²) in [6.07, 6.45) is 0. The summed E-state index contributed by atoms with van der Waals surface area (Å²) in [5, 5.41) is 0. The molecule has 0 aliphatic heterocycles. The lowest BCUT2D eigenvalue weighted by molar-refractivity contribution is 0.324. The van der Waals surface area contributed by atoms with Gasteiger partial charge in [0.05, 0.1) is 21.3 Å². The Morgan fingerprint density at radius 3 is 1.79 bits per heavy atom. The lowest BCUT2D eigenvalue weighted by Crippen LogP contribution is -2.23. The summed E-state index contributed by atoms with van der Waals surface area (Å²) in [5.74, 6) is 2.18. The Hall–Kier alpha value is -1.23. The fourth-order valence-electron chi connectivity index (χ4n) is 1.59. The second-order valence-corrected chi connectivity index (χ2v) is 7.34. The molecule has 1 unspecified atom stereocenters. The van der Waals surface area contributed by atoms with Gasteiger partial charge < -0.3 is 14.2 Å². The molecule has 1 rings (SSSR count). The predicted molar refractivity (Wildman–Crippen MR) is 77.7 cm³/mol. The van der Waals surface area contributed by atoms with E-state index in [1.807, 2.05) is 32.9 Å². The first-order valence-corrected chi connectivity index (χ1v) is 7.32. The summed E-state index contributed by atoms with van der Waals surface area (Å²) in [7, 11) is 3.74. The van der Waals surface area contributed by atoms with Crippen LogP contribution in [0.4, 0.5) is 0 Å². The van der Waals surface area contributed by atoms with Gasteiger partial charge >= 0.3 is 0 Å². The average molecular weight is 286 g/mol. The number of hydrogen-bond acceptors (Lipinski definition) is 4. The molecule has 0 fully saturated rings. The van der Waals surface area contributed by atoms with Crippen molar-refractivity contribution in [2.24, 2.45) is 0 Å². The Morgan fingerprint density at radius 2 is 1.47 bits per heavy atom. The summed E-state index contributed by atoms with van der Waals surface area (Å²) < 4.78 is 27.8. The van der Waals surface area contributed by atoms with E-state index in [0.717, 1.165) is 5.56 Å². The van der Waals surface area contributed by atoms with E-state index in [2.05, 4.69) is 0 Å². The Morgan fingerprint density at radius 1 is 1.00 bits per heavy atom. The van der Waals surface area contributed by atoms with Crippen molar-refractivity contribution >= 4 is 10.8 Å². The number of benzene rings is 1. The molecule has 0 saturated heterocycles. The summed E-state index contributed by atoms with van der Waals surface area (Å²) in [6, 6.07) is 3.68. The third-order valence-electron chi connectivity index (χ3n) is 2.71. The fraction of sp³-hybridized carbons (Fsp3) is 0.571. The minimum atomic E-state index is -0.969. The van der Waals surface area contributed by atoms with Gasteiger partial charge in [-0.1, -0.05) is 0 Å². The van der Waals surface area contributed by atoms with Crippen LogP contribution in [0.5, 0.6) is 17.2 Å². The van der Waals surface area contributed by atoms with Crippen LogP contribution in [-0.2, 0) is 16.6 Å². The third kappa shape index (κ3) is 3.86. The lowest BCUT2D eigenvalue weighted by Gasteiger charge is -2.19. The van der Waals surface area contributed by atoms with Crippen LogP contribution in [0, 0.1) is 0 Å². The first-order valence-electron chi connectivity index (χ1n) is 6.00. The summed E-state index contributed by atoms with van der Waals surface area (Å²) in [5.41, 5.74) is 0.905. The van der Waals surface area contributed by atoms with Gasteiger partial charge in [-0.05, 0) is 38.5 Å². The number of hydrogen-bond donors (Lipinski definition) is 0. The fourth-order valence-corrected chi connectivity index (χ4v) is 2.49. The molecule has 0 aliphatic carbocycles. The highest BCUT2D eigenvalue weighted by molar-refractivity contribution is 7.85. The van der Waals surface area contributed by atoms with Crippen LogP contribution >= 0.6 is 0 Å². The van der Waals surface area contributed by atoms with E-state index in [4.69, 9.17) is 14.2 Å². The first-order chi connectivity index (χ1) is 8.83. The van der Waals surface area contributed by atoms with Crippen LogP contribution in [0.2, 0.25) is 0 Å². The van der Waals surface area contributed by atoms with Gasteiger partial charge in [0.15, 0.2) is 11.5 Å². The minimum Gasteiger partial charge on any atom is -0.493 e. The molecule has 1 atom stereocenters. The molecule has 0 amide bonds. The van der Waals surface area contributed by atoms with E-state index < -0.39 is 10.8 Å². The van der Waals surface area contributed by atoms with Crippen molar-refractivity contribution in [3.8, 4) is 17.2 Å². The summed E-state index contributed by atoms with van der Waals surface area (Å²) in [4.78, 5) is 0. The van der Waals surface area contributed by atoms with Gasteiger partial charge in [0.25, 0.3) is 0 Å². The van der Waals surface area contributed by atoms with Crippen molar-refractivity contribution in [2.75, 3.05) is 21.3 Å². The average Bonchev–Trinajstić information content (AvgIpc) is 2.36. The molecular formula is C14H22O4S. The second-order valence-electron chi connectivity index (χ2n) is 5.14. The molecular weight excluding hydrogens is 264 g/mol. The molecule has 1 aromatic rings. The molecule has 0 aliphatic rings. The highest BCUT2D eigenvalue weighted by Gasteiger charge is 2.21. The maximum atomic E-state index is 12.2. The van der Waals surface area contributed by atoms with Crippen molar-refractivity contribution in [3.05, 3.63) is 17.7 Å². The first kappa shape index (κ1) is 15.8. The molecule has 5 heteroatoms. The topological polar surface area (TPSA) is 44.8 Å². The summed E-state index contributed by atoms with van der Waals surface area (Å²) in [6.45, 7) is 5.88. The Kier molecular flexibility index (Phi) is 5.23. The minimum absolute atomic E-state index is 0.250. The van der Waals surface area contributed by atoms with Crippen molar-refractivity contribution in [3.63, 3.8) is 0 Å². The Balaban J connectivity index is 3.13. The molecule has 0 saturated carbocycles. The van der Waals surface area contributed by atoms with E-state index in [-0.39, 0.29) is 4.75 Å². The maximum absolute atomic E-state index is 12.2. The molecule has 19 heavy (non-hydrogen) atoms. The lowest BCUT2D eigenvalue weighted by atomic mass is 10.2. The van der Waals surface area contributed by atoms with Crippen LogP contribution in [0.1, 0.15) is 26.3 Å². The number of rotatable bonds is 5. The normalized spacial score (nSPS) is 12.9. The molecule has 0 radical (unpaired) electrons. The van der Waals surface area contributed by atoms with E-state index >= 15 is 0 Å². The van der Waals surface area contributed by atoms with Crippen molar-refractivity contribution in [1.29, 1.82) is 0 Å². The van der Waals surface area contributed by atoms with Gasteiger partial charge in [-0.15, -0.1) is 0 Å². The Bertz CT molecular complexity index is 438. The standard InChI is InChI=1S/C14H22O4S/c1-14(2,3)19(15)9-10-7-11(16-4)13(18-6)12(8-10)17-5/h7-8H,9H2,1-6H3. The third-order valence-corrected chi connectivity index (χ3v) is 4.67. The van der Waals surface area contributed by atoms with Crippen molar-refractivity contribution in [2.45, 2.75) is 31.3 Å². The van der Waals surface area contributed by atoms with Gasteiger partial charge in [0.1, 0.15) is 0 Å². The quantitative estimate of drug-likeness (QED) is 0.835. The molecule has 1 aromatic carbocycles.